The normalized spacial score (nSPS) is 15.6. The van der Waals surface area contributed by atoms with Crippen LogP contribution in [0.15, 0.2) is 54.6 Å². The van der Waals surface area contributed by atoms with Crippen LogP contribution in [0, 0.1) is 20.8 Å². The molecular weight excluding hydrogens is 358 g/mol. The van der Waals surface area contributed by atoms with Gasteiger partial charge in [0.05, 0.1) is 18.3 Å². The standard InChI is InChI=1S/C25H27N3O/c1-17-8-10-20(11-9-17)16-28-19(3)22(18(2)27-28)13-15-25(29)26-24-14-12-21-6-4-5-7-23(21)24/h4-11,13,15,24H,12,14,16H2,1-3H3,(H,26,29)/b15-13+/t24-/m0/s1. The van der Waals surface area contributed by atoms with Gasteiger partial charge < -0.3 is 5.32 Å². The number of rotatable bonds is 5. The van der Waals surface area contributed by atoms with Gasteiger partial charge in [-0.05, 0) is 56.4 Å². The van der Waals surface area contributed by atoms with Gasteiger partial charge in [0, 0.05) is 17.3 Å². The van der Waals surface area contributed by atoms with Crippen molar-refractivity contribution >= 4 is 12.0 Å². The summed E-state index contributed by atoms with van der Waals surface area (Å²) in [5.74, 6) is -0.0585. The number of nitrogens with one attached hydrogen (secondary N) is 1. The van der Waals surface area contributed by atoms with Crippen LogP contribution in [-0.4, -0.2) is 15.7 Å². The lowest BCUT2D eigenvalue weighted by molar-refractivity contribution is -0.117. The maximum Gasteiger partial charge on any atom is 0.244 e. The largest absolute Gasteiger partial charge is 0.346 e. The summed E-state index contributed by atoms with van der Waals surface area (Å²) in [6, 6.07) is 17.0. The first-order valence-electron chi connectivity index (χ1n) is 10.2. The molecule has 0 unspecified atom stereocenters. The molecule has 0 fully saturated rings. The average molecular weight is 386 g/mol. The summed E-state index contributed by atoms with van der Waals surface area (Å²) in [6.45, 7) is 6.86. The van der Waals surface area contributed by atoms with Crippen molar-refractivity contribution < 1.29 is 4.79 Å². The lowest BCUT2D eigenvalue weighted by atomic mass is 10.1. The molecule has 2 aromatic carbocycles. The molecule has 4 nitrogen and oxygen atoms in total. The van der Waals surface area contributed by atoms with E-state index in [1.165, 1.54) is 22.3 Å². The van der Waals surface area contributed by atoms with Crippen LogP contribution in [0.2, 0.25) is 0 Å². The van der Waals surface area contributed by atoms with Crippen molar-refractivity contribution in [2.45, 2.75) is 46.2 Å². The maximum atomic E-state index is 12.5. The summed E-state index contributed by atoms with van der Waals surface area (Å²) in [4.78, 5) is 12.5. The molecule has 4 heteroatoms. The van der Waals surface area contributed by atoms with Crippen molar-refractivity contribution in [1.82, 2.24) is 15.1 Å². The molecule has 3 aromatic rings. The minimum absolute atomic E-state index is 0.0585. The van der Waals surface area contributed by atoms with Gasteiger partial charge >= 0.3 is 0 Å². The Morgan fingerprint density at radius 3 is 2.69 bits per heavy atom. The summed E-state index contributed by atoms with van der Waals surface area (Å²) in [5.41, 5.74) is 8.07. The fourth-order valence-corrected chi connectivity index (χ4v) is 4.06. The number of carbonyl (C=O) groups excluding carboxylic acids is 1. The number of hydrogen-bond acceptors (Lipinski definition) is 2. The fraction of sp³-hybridized carbons (Fsp3) is 0.280. The van der Waals surface area contributed by atoms with E-state index in [9.17, 15) is 4.79 Å². The lowest BCUT2D eigenvalue weighted by Gasteiger charge is -2.12. The van der Waals surface area contributed by atoms with Gasteiger partial charge in [-0.25, -0.2) is 0 Å². The second kappa shape index (κ2) is 8.08. The maximum absolute atomic E-state index is 12.5. The van der Waals surface area contributed by atoms with Crippen molar-refractivity contribution in [2.75, 3.05) is 0 Å². The Balaban J connectivity index is 1.45. The molecule has 1 amide bonds. The molecule has 1 aromatic heterocycles. The topological polar surface area (TPSA) is 46.9 Å². The predicted molar refractivity (Wildman–Crippen MR) is 117 cm³/mol. The van der Waals surface area contributed by atoms with Crippen molar-refractivity contribution in [3.8, 4) is 0 Å². The molecule has 29 heavy (non-hydrogen) atoms. The highest BCUT2D eigenvalue weighted by molar-refractivity contribution is 5.92. The van der Waals surface area contributed by atoms with Gasteiger partial charge in [0.25, 0.3) is 0 Å². The molecule has 1 heterocycles. The predicted octanol–water partition coefficient (Wildman–Crippen LogP) is 4.67. The van der Waals surface area contributed by atoms with Crippen LogP contribution in [-0.2, 0) is 17.8 Å². The van der Waals surface area contributed by atoms with E-state index in [4.69, 9.17) is 0 Å². The zero-order valence-electron chi connectivity index (χ0n) is 17.3. The molecule has 1 aliphatic carbocycles. The van der Waals surface area contributed by atoms with Crippen molar-refractivity contribution in [2.24, 2.45) is 0 Å². The molecule has 1 atom stereocenters. The Bertz CT molecular complexity index is 1060. The molecule has 0 radical (unpaired) electrons. The van der Waals surface area contributed by atoms with Gasteiger partial charge in [0.1, 0.15) is 0 Å². The molecular formula is C25H27N3O. The fourth-order valence-electron chi connectivity index (χ4n) is 4.06. The Morgan fingerprint density at radius 1 is 1.14 bits per heavy atom. The number of aryl methyl sites for hydroxylation is 3. The average Bonchev–Trinajstić information content (AvgIpc) is 3.23. The summed E-state index contributed by atoms with van der Waals surface area (Å²) < 4.78 is 2.00. The third-order valence-corrected chi connectivity index (χ3v) is 5.74. The van der Waals surface area contributed by atoms with E-state index >= 15 is 0 Å². The number of hydrogen-bond donors (Lipinski definition) is 1. The summed E-state index contributed by atoms with van der Waals surface area (Å²) in [6.07, 6.45) is 5.51. The molecule has 0 saturated carbocycles. The van der Waals surface area contributed by atoms with E-state index in [0.717, 1.165) is 36.3 Å². The first-order valence-corrected chi connectivity index (χ1v) is 10.2. The highest BCUT2D eigenvalue weighted by Gasteiger charge is 2.22. The number of benzene rings is 2. The molecule has 1 aliphatic rings. The molecule has 4 rings (SSSR count). The third-order valence-electron chi connectivity index (χ3n) is 5.74. The van der Waals surface area contributed by atoms with Crippen LogP contribution < -0.4 is 5.32 Å². The summed E-state index contributed by atoms with van der Waals surface area (Å²) in [5, 5.41) is 7.82. The van der Waals surface area contributed by atoms with E-state index < -0.39 is 0 Å². The van der Waals surface area contributed by atoms with E-state index in [1.54, 1.807) is 6.08 Å². The number of nitrogens with zero attached hydrogens (tertiary/aromatic N) is 2. The molecule has 0 bridgehead atoms. The quantitative estimate of drug-likeness (QED) is 0.649. The highest BCUT2D eigenvalue weighted by atomic mass is 16.1. The van der Waals surface area contributed by atoms with Crippen LogP contribution in [0.5, 0.6) is 0 Å². The zero-order valence-corrected chi connectivity index (χ0v) is 17.3. The summed E-state index contributed by atoms with van der Waals surface area (Å²) in [7, 11) is 0. The minimum Gasteiger partial charge on any atom is -0.346 e. The van der Waals surface area contributed by atoms with Gasteiger partial charge in [0.15, 0.2) is 0 Å². The van der Waals surface area contributed by atoms with Gasteiger partial charge in [-0.1, -0.05) is 54.1 Å². The van der Waals surface area contributed by atoms with Crippen LogP contribution in [0.25, 0.3) is 6.08 Å². The SMILES string of the molecule is Cc1ccc(Cn2nc(C)c(/C=C/C(=O)N[C@H]3CCc4ccccc43)c2C)cc1. The Hall–Kier alpha value is -3.14. The Kier molecular flexibility index (Phi) is 5.34. The molecule has 0 saturated heterocycles. The van der Waals surface area contributed by atoms with E-state index in [0.29, 0.717) is 0 Å². The number of aromatic nitrogens is 2. The number of carbonyl (C=O) groups is 1. The minimum atomic E-state index is -0.0585. The molecule has 0 spiro atoms. The monoisotopic (exact) mass is 385 g/mol. The van der Waals surface area contributed by atoms with E-state index in [2.05, 4.69) is 66.7 Å². The third kappa shape index (κ3) is 4.16. The Labute approximate surface area is 172 Å². The van der Waals surface area contributed by atoms with Crippen molar-refractivity contribution in [1.29, 1.82) is 0 Å². The van der Waals surface area contributed by atoms with E-state index in [1.807, 2.05) is 23.7 Å². The zero-order chi connectivity index (χ0) is 20.4. The van der Waals surface area contributed by atoms with Gasteiger partial charge in [-0.2, -0.15) is 5.10 Å². The Morgan fingerprint density at radius 2 is 1.90 bits per heavy atom. The van der Waals surface area contributed by atoms with Crippen LogP contribution >= 0.6 is 0 Å². The molecule has 0 aliphatic heterocycles. The van der Waals surface area contributed by atoms with Crippen molar-refractivity contribution in [3.63, 3.8) is 0 Å². The highest BCUT2D eigenvalue weighted by Crippen LogP contribution is 2.30. The first kappa shape index (κ1) is 19.2. The lowest BCUT2D eigenvalue weighted by Crippen LogP contribution is -2.25. The van der Waals surface area contributed by atoms with Gasteiger partial charge in [-0.3, -0.25) is 9.48 Å². The number of amides is 1. The van der Waals surface area contributed by atoms with Crippen LogP contribution in [0.1, 0.15) is 51.7 Å². The van der Waals surface area contributed by atoms with E-state index in [-0.39, 0.29) is 11.9 Å². The van der Waals surface area contributed by atoms with Gasteiger partial charge in [-0.15, -0.1) is 0 Å². The van der Waals surface area contributed by atoms with Crippen LogP contribution in [0.3, 0.4) is 0 Å². The smallest absolute Gasteiger partial charge is 0.244 e. The van der Waals surface area contributed by atoms with Gasteiger partial charge in [0.2, 0.25) is 5.91 Å². The molecule has 1 N–H and O–H groups in total. The molecule has 148 valence electrons. The first-order chi connectivity index (χ1) is 14.0. The van der Waals surface area contributed by atoms with Crippen molar-refractivity contribution in [3.05, 3.63) is 93.8 Å². The summed E-state index contributed by atoms with van der Waals surface area (Å²) >= 11 is 0. The second-order valence-corrected chi connectivity index (χ2v) is 7.86. The second-order valence-electron chi connectivity index (χ2n) is 7.86. The number of fused-ring (bicyclic) bond motifs is 1. The van der Waals surface area contributed by atoms with Crippen LogP contribution in [0.4, 0.5) is 0 Å².